The lowest BCUT2D eigenvalue weighted by molar-refractivity contribution is -0.171. The van der Waals surface area contributed by atoms with Gasteiger partial charge in [0.1, 0.15) is 6.61 Å². The first kappa shape index (κ1) is 15.2. The fourth-order valence-electron chi connectivity index (χ4n) is 3.02. The van der Waals surface area contributed by atoms with Crippen molar-refractivity contribution >= 4 is 11.9 Å². The number of carbonyl (C=O) groups excluding carboxylic acids is 1. The highest BCUT2D eigenvalue weighted by Crippen LogP contribution is 2.45. The highest BCUT2D eigenvalue weighted by Gasteiger charge is 2.57. The van der Waals surface area contributed by atoms with E-state index in [9.17, 15) is 14.7 Å². The smallest absolute Gasteiger partial charge is 0.326 e. The first-order chi connectivity index (χ1) is 11.1. The average molecular weight is 311 g/mol. The second-order valence-electron chi connectivity index (χ2n) is 5.69. The van der Waals surface area contributed by atoms with Crippen molar-refractivity contribution in [1.29, 1.82) is 0 Å². The zero-order valence-electron chi connectivity index (χ0n) is 12.4. The van der Waals surface area contributed by atoms with Crippen LogP contribution in [0.2, 0.25) is 0 Å². The van der Waals surface area contributed by atoms with Gasteiger partial charge in [0, 0.05) is 6.42 Å². The third-order valence-electron chi connectivity index (χ3n) is 4.35. The van der Waals surface area contributed by atoms with Gasteiger partial charge in [0.25, 0.3) is 0 Å². The van der Waals surface area contributed by atoms with Crippen LogP contribution < -0.4 is 5.73 Å². The van der Waals surface area contributed by atoms with Crippen LogP contribution >= 0.6 is 0 Å². The molecule has 0 unspecified atom stereocenters. The van der Waals surface area contributed by atoms with Gasteiger partial charge in [-0.15, -0.1) is 0 Å². The summed E-state index contributed by atoms with van der Waals surface area (Å²) >= 11 is 0. The van der Waals surface area contributed by atoms with Gasteiger partial charge in [0.05, 0.1) is 6.04 Å². The molecule has 0 radical (unpaired) electrons. The van der Waals surface area contributed by atoms with Crippen molar-refractivity contribution < 1.29 is 19.4 Å². The molecule has 2 atom stereocenters. The molecule has 2 aromatic rings. The topological polar surface area (TPSA) is 89.6 Å². The minimum absolute atomic E-state index is 0.0256. The Bertz CT molecular complexity index is 744. The maximum atomic E-state index is 12.6. The second-order valence-corrected chi connectivity index (χ2v) is 5.69. The molecule has 0 spiro atoms. The van der Waals surface area contributed by atoms with E-state index in [1.807, 2.05) is 30.3 Å². The Balaban J connectivity index is 1.85. The summed E-state index contributed by atoms with van der Waals surface area (Å²) in [4.78, 5) is 24.5. The van der Waals surface area contributed by atoms with Crippen LogP contribution in [0.25, 0.3) is 0 Å². The van der Waals surface area contributed by atoms with Gasteiger partial charge in [-0.1, -0.05) is 54.6 Å². The molecule has 1 aliphatic rings. The van der Waals surface area contributed by atoms with Crippen molar-refractivity contribution in [3.63, 3.8) is 0 Å². The molecular weight excluding hydrogens is 294 g/mol. The summed E-state index contributed by atoms with van der Waals surface area (Å²) in [5.74, 6) is -2.04. The number of fused-ring (bicyclic) bond motifs is 1. The number of hydrogen-bond acceptors (Lipinski definition) is 4. The fraction of sp³-hybridized carbons (Fsp3) is 0.222. The molecular formula is C18H17NO4. The third-order valence-corrected chi connectivity index (χ3v) is 4.35. The molecule has 0 bridgehead atoms. The molecule has 2 aromatic carbocycles. The van der Waals surface area contributed by atoms with Crippen molar-refractivity contribution in [2.45, 2.75) is 19.1 Å². The second kappa shape index (κ2) is 5.85. The van der Waals surface area contributed by atoms with E-state index < -0.39 is 23.4 Å². The van der Waals surface area contributed by atoms with Crippen molar-refractivity contribution in [2.75, 3.05) is 0 Å². The number of esters is 1. The average Bonchev–Trinajstić information content (AvgIpc) is 2.88. The molecule has 0 saturated carbocycles. The predicted octanol–water partition coefficient (Wildman–Crippen LogP) is 2.06. The minimum Gasteiger partial charge on any atom is -0.480 e. The molecule has 1 aliphatic carbocycles. The van der Waals surface area contributed by atoms with Crippen molar-refractivity contribution in [3.8, 4) is 0 Å². The van der Waals surface area contributed by atoms with E-state index in [2.05, 4.69) is 0 Å². The van der Waals surface area contributed by atoms with Crippen LogP contribution in [0.15, 0.2) is 54.6 Å². The zero-order valence-corrected chi connectivity index (χ0v) is 12.4. The van der Waals surface area contributed by atoms with Gasteiger partial charge < -0.3 is 15.6 Å². The SMILES string of the molecule is N[C@@H]1c2ccccc2C[C@]1(C(=O)O)C(=O)OCc1ccccc1. The molecule has 23 heavy (non-hydrogen) atoms. The summed E-state index contributed by atoms with van der Waals surface area (Å²) in [6.07, 6.45) is 0.0489. The molecule has 0 aliphatic heterocycles. The minimum atomic E-state index is -1.77. The van der Waals surface area contributed by atoms with E-state index in [0.717, 1.165) is 11.1 Å². The number of benzene rings is 2. The van der Waals surface area contributed by atoms with Crippen LogP contribution in [0.1, 0.15) is 22.7 Å². The van der Waals surface area contributed by atoms with Gasteiger partial charge in [-0.05, 0) is 16.7 Å². The third kappa shape index (κ3) is 2.49. The Morgan fingerprint density at radius 1 is 1.13 bits per heavy atom. The first-order valence-electron chi connectivity index (χ1n) is 7.33. The summed E-state index contributed by atoms with van der Waals surface area (Å²) in [6.45, 7) is 0.0256. The van der Waals surface area contributed by atoms with E-state index >= 15 is 0 Å². The molecule has 118 valence electrons. The van der Waals surface area contributed by atoms with Gasteiger partial charge in [-0.25, -0.2) is 0 Å². The molecule has 0 amide bonds. The van der Waals surface area contributed by atoms with Gasteiger partial charge in [0.15, 0.2) is 5.41 Å². The standard InChI is InChI=1S/C18H17NO4/c19-15-14-9-5-4-8-13(14)10-18(15,16(20)21)17(22)23-11-12-6-2-1-3-7-12/h1-9,15H,10-11,19H2,(H,20,21)/t15-,18+/m1/s1. The van der Waals surface area contributed by atoms with Crippen LogP contribution in [0, 0.1) is 5.41 Å². The number of rotatable bonds is 4. The fourth-order valence-corrected chi connectivity index (χ4v) is 3.02. The lowest BCUT2D eigenvalue weighted by Gasteiger charge is -2.26. The lowest BCUT2D eigenvalue weighted by Crippen LogP contribution is -2.47. The Hall–Kier alpha value is -2.66. The number of carboxylic acids is 1. The summed E-state index contributed by atoms with van der Waals surface area (Å²) in [6, 6.07) is 15.4. The predicted molar refractivity (Wildman–Crippen MR) is 83.4 cm³/mol. The number of hydrogen-bond donors (Lipinski definition) is 2. The molecule has 0 saturated heterocycles. The van der Waals surface area contributed by atoms with E-state index in [1.54, 1.807) is 24.3 Å². The molecule has 0 heterocycles. The largest absolute Gasteiger partial charge is 0.480 e. The van der Waals surface area contributed by atoms with Gasteiger partial charge in [0.2, 0.25) is 0 Å². The van der Waals surface area contributed by atoms with Gasteiger partial charge in [-0.2, -0.15) is 0 Å². The Kier molecular flexibility index (Phi) is 3.88. The quantitative estimate of drug-likeness (QED) is 0.666. The number of ether oxygens (including phenoxy) is 1. The van der Waals surface area contributed by atoms with Crippen LogP contribution in [-0.4, -0.2) is 17.0 Å². The van der Waals surface area contributed by atoms with Crippen molar-refractivity contribution in [1.82, 2.24) is 0 Å². The molecule has 3 N–H and O–H groups in total. The lowest BCUT2D eigenvalue weighted by atomic mass is 9.81. The first-order valence-corrected chi connectivity index (χ1v) is 7.33. The van der Waals surface area contributed by atoms with Crippen molar-refractivity contribution in [3.05, 3.63) is 71.3 Å². The summed E-state index contributed by atoms with van der Waals surface area (Å²) in [5.41, 5.74) is 6.61. The monoisotopic (exact) mass is 311 g/mol. The van der Waals surface area contributed by atoms with E-state index in [4.69, 9.17) is 10.5 Å². The maximum Gasteiger partial charge on any atom is 0.326 e. The molecule has 0 fully saturated rings. The number of carbonyl (C=O) groups is 2. The Morgan fingerprint density at radius 3 is 2.43 bits per heavy atom. The highest BCUT2D eigenvalue weighted by atomic mass is 16.5. The van der Waals surface area contributed by atoms with E-state index in [-0.39, 0.29) is 13.0 Å². The van der Waals surface area contributed by atoms with E-state index in [0.29, 0.717) is 5.56 Å². The van der Waals surface area contributed by atoms with Gasteiger partial charge in [-0.3, -0.25) is 9.59 Å². The molecule has 3 rings (SSSR count). The number of aliphatic carboxylic acids is 1. The van der Waals surface area contributed by atoms with Crippen LogP contribution in [-0.2, 0) is 27.4 Å². The van der Waals surface area contributed by atoms with E-state index in [1.165, 1.54) is 0 Å². The molecule has 0 aromatic heterocycles. The zero-order chi connectivity index (χ0) is 16.4. The van der Waals surface area contributed by atoms with Gasteiger partial charge >= 0.3 is 11.9 Å². The number of carboxylic acid groups (broad SMARTS) is 1. The maximum absolute atomic E-state index is 12.6. The summed E-state index contributed by atoms with van der Waals surface area (Å²) in [5, 5.41) is 9.69. The Labute approximate surface area is 133 Å². The molecule has 5 nitrogen and oxygen atoms in total. The summed E-state index contributed by atoms with van der Waals surface area (Å²) in [7, 11) is 0. The Morgan fingerprint density at radius 2 is 1.78 bits per heavy atom. The number of nitrogens with two attached hydrogens (primary N) is 1. The van der Waals surface area contributed by atoms with Crippen molar-refractivity contribution in [2.24, 2.45) is 11.1 Å². The van der Waals surface area contributed by atoms with Crippen LogP contribution in [0.5, 0.6) is 0 Å². The normalized spacial score (nSPS) is 22.4. The van der Waals surface area contributed by atoms with Crippen LogP contribution in [0.4, 0.5) is 0 Å². The molecule has 5 heteroatoms. The highest BCUT2D eigenvalue weighted by molar-refractivity contribution is 6.01. The summed E-state index contributed by atoms with van der Waals surface area (Å²) < 4.78 is 5.28. The van der Waals surface area contributed by atoms with Crippen LogP contribution in [0.3, 0.4) is 0 Å².